The van der Waals surface area contributed by atoms with Gasteiger partial charge in [-0.15, -0.1) is 0 Å². The number of benzene rings is 2. The highest BCUT2D eigenvalue weighted by atomic mass is 33.1. The van der Waals surface area contributed by atoms with E-state index in [-0.39, 0.29) is 11.8 Å². The number of carbonyl (C=O) groups is 3. The number of hydrogen-bond acceptors (Lipinski definition) is 7. The number of nitrogens with two attached hydrogens (primary N) is 2. The lowest BCUT2D eigenvalue weighted by atomic mass is 10.1. The van der Waals surface area contributed by atoms with Crippen LogP contribution in [0.25, 0.3) is 0 Å². The first kappa shape index (κ1) is 32.3. The van der Waals surface area contributed by atoms with Gasteiger partial charge < -0.3 is 27.2 Å². The number of nitrogens with one attached hydrogen (secondary N) is 2. The van der Waals surface area contributed by atoms with E-state index in [0.717, 1.165) is 22.6 Å². The average Bonchev–Trinajstić information content (AvgIpc) is 2.86. The Balaban J connectivity index is 0.000000856. The molecule has 0 bridgehead atoms. The molecule has 2 rings (SSSR count). The minimum Gasteiger partial charge on any atom is -0.475 e. The highest BCUT2D eigenvalue weighted by Crippen LogP contribution is 2.19. The Hall–Kier alpha value is -2.74. The van der Waals surface area contributed by atoms with Crippen molar-refractivity contribution in [2.75, 3.05) is 24.6 Å². The van der Waals surface area contributed by atoms with Crippen LogP contribution in [0.3, 0.4) is 0 Å². The molecule has 0 saturated heterocycles. The molecule has 37 heavy (non-hydrogen) atoms. The first-order valence-electron chi connectivity index (χ1n) is 11.2. The topological polar surface area (TPSA) is 148 Å². The zero-order valence-corrected chi connectivity index (χ0v) is 21.6. The summed E-state index contributed by atoms with van der Waals surface area (Å²) in [7, 11) is 3.30. The second-order valence-electron chi connectivity index (χ2n) is 7.62. The zero-order chi connectivity index (χ0) is 27.7. The van der Waals surface area contributed by atoms with Crippen LogP contribution < -0.4 is 22.1 Å². The number of rotatable bonds is 13. The molecule has 2 amide bonds. The fraction of sp³-hybridized carbons (Fsp3) is 0.375. The molecule has 0 saturated carbocycles. The Morgan fingerprint density at radius 2 is 1.08 bits per heavy atom. The molecular formula is C24H31F3N4O4S2. The third-order valence-corrected chi connectivity index (χ3v) is 6.97. The number of carboxylic acid groups (broad SMARTS) is 1. The molecule has 2 aromatic rings. The van der Waals surface area contributed by atoms with E-state index in [1.807, 2.05) is 60.7 Å². The summed E-state index contributed by atoms with van der Waals surface area (Å²) in [6.45, 7) is 1.13. The van der Waals surface area contributed by atoms with Crippen LogP contribution in [0.5, 0.6) is 0 Å². The first-order chi connectivity index (χ1) is 17.5. The van der Waals surface area contributed by atoms with Gasteiger partial charge in [-0.1, -0.05) is 82.3 Å². The maximum Gasteiger partial charge on any atom is 0.490 e. The third-order valence-electron chi connectivity index (χ3n) is 4.57. The standard InChI is InChI=1S/C22H30N4O2S2.C2HF3O2/c23-19(15-17-7-3-1-4-8-17)21(27)25-11-13-29-30-14-12-26-22(28)20(24)16-18-9-5-2-6-10-18;3-2(4,5)1(6)7/h1-10,19-20H,11-16,23-24H2,(H,25,27)(H,26,28);(H,6,7)/t19-,20-;/m0./s1. The van der Waals surface area contributed by atoms with Crippen molar-refractivity contribution in [3.63, 3.8) is 0 Å². The molecule has 0 aliphatic heterocycles. The van der Waals surface area contributed by atoms with E-state index in [4.69, 9.17) is 21.4 Å². The van der Waals surface area contributed by atoms with Crippen molar-refractivity contribution >= 4 is 39.4 Å². The summed E-state index contributed by atoms with van der Waals surface area (Å²) in [6.07, 6.45) is -4.03. The molecule has 13 heteroatoms. The summed E-state index contributed by atoms with van der Waals surface area (Å²) in [5.41, 5.74) is 14.0. The van der Waals surface area contributed by atoms with Gasteiger partial charge in [0.2, 0.25) is 11.8 Å². The van der Waals surface area contributed by atoms with Crippen molar-refractivity contribution in [2.24, 2.45) is 11.5 Å². The zero-order valence-electron chi connectivity index (χ0n) is 19.9. The van der Waals surface area contributed by atoms with Crippen molar-refractivity contribution in [2.45, 2.75) is 31.1 Å². The molecule has 0 spiro atoms. The third kappa shape index (κ3) is 15.2. The Kier molecular flexibility index (Phi) is 15.4. The summed E-state index contributed by atoms with van der Waals surface area (Å²) in [5, 5.41) is 12.9. The fourth-order valence-corrected chi connectivity index (χ4v) is 4.55. The first-order valence-corrected chi connectivity index (χ1v) is 13.7. The number of alkyl halides is 3. The maximum absolute atomic E-state index is 12.0. The summed E-state index contributed by atoms with van der Waals surface area (Å²) >= 11 is 0. The smallest absolute Gasteiger partial charge is 0.475 e. The summed E-state index contributed by atoms with van der Waals surface area (Å²) in [5.74, 6) is -1.48. The van der Waals surface area contributed by atoms with Crippen molar-refractivity contribution in [1.82, 2.24) is 10.6 Å². The van der Waals surface area contributed by atoms with Gasteiger partial charge in [-0.05, 0) is 24.0 Å². The van der Waals surface area contributed by atoms with Gasteiger partial charge >= 0.3 is 12.1 Å². The van der Waals surface area contributed by atoms with Crippen molar-refractivity contribution < 1.29 is 32.7 Å². The van der Waals surface area contributed by atoms with Crippen LogP contribution in [-0.4, -0.2) is 65.7 Å². The average molecular weight is 561 g/mol. The van der Waals surface area contributed by atoms with Crippen molar-refractivity contribution in [3.8, 4) is 0 Å². The minimum atomic E-state index is -5.08. The Morgan fingerprint density at radius 1 is 0.757 bits per heavy atom. The maximum atomic E-state index is 12.0. The predicted molar refractivity (Wildman–Crippen MR) is 141 cm³/mol. The quantitative estimate of drug-likeness (QED) is 0.185. The highest BCUT2D eigenvalue weighted by Gasteiger charge is 2.38. The lowest BCUT2D eigenvalue weighted by molar-refractivity contribution is -0.192. The number of carbonyl (C=O) groups excluding carboxylic acids is 2. The van der Waals surface area contributed by atoms with Crippen LogP contribution in [0.1, 0.15) is 11.1 Å². The lowest BCUT2D eigenvalue weighted by Crippen LogP contribution is -2.42. The van der Waals surface area contributed by atoms with Gasteiger partial charge in [-0.2, -0.15) is 13.2 Å². The summed E-state index contributed by atoms with van der Waals surface area (Å²) in [4.78, 5) is 33.0. The Morgan fingerprint density at radius 3 is 1.38 bits per heavy atom. The second-order valence-corrected chi connectivity index (χ2v) is 10.3. The number of aliphatic carboxylic acids is 1. The van der Waals surface area contributed by atoms with Gasteiger partial charge in [0.1, 0.15) is 0 Å². The molecule has 0 heterocycles. The van der Waals surface area contributed by atoms with E-state index >= 15 is 0 Å². The molecule has 204 valence electrons. The van der Waals surface area contributed by atoms with Crippen molar-refractivity contribution in [1.29, 1.82) is 0 Å². The minimum absolute atomic E-state index is 0.135. The summed E-state index contributed by atoms with van der Waals surface area (Å²) in [6, 6.07) is 18.4. The highest BCUT2D eigenvalue weighted by molar-refractivity contribution is 8.76. The van der Waals surface area contributed by atoms with E-state index in [1.165, 1.54) is 0 Å². The Bertz CT molecular complexity index is 889. The molecule has 2 atom stereocenters. The van der Waals surface area contributed by atoms with E-state index in [1.54, 1.807) is 21.6 Å². The molecule has 0 fully saturated rings. The van der Waals surface area contributed by atoms with Gasteiger partial charge in [0.25, 0.3) is 0 Å². The number of amides is 2. The van der Waals surface area contributed by atoms with E-state index < -0.39 is 24.2 Å². The molecular weight excluding hydrogens is 529 g/mol. The lowest BCUT2D eigenvalue weighted by Gasteiger charge is -2.13. The molecule has 7 N–H and O–H groups in total. The van der Waals surface area contributed by atoms with Crippen LogP contribution >= 0.6 is 21.6 Å². The molecule has 0 unspecified atom stereocenters. The SMILES string of the molecule is N[C@@H](Cc1ccccc1)C(=O)NCCSSCCNC(=O)[C@@H](N)Cc1ccccc1.O=C(O)C(F)(F)F. The number of halogens is 3. The van der Waals surface area contributed by atoms with E-state index in [9.17, 15) is 22.8 Å². The van der Waals surface area contributed by atoms with Crippen LogP contribution in [0, 0.1) is 0 Å². The monoisotopic (exact) mass is 560 g/mol. The van der Waals surface area contributed by atoms with Gasteiger partial charge in [-0.3, -0.25) is 9.59 Å². The van der Waals surface area contributed by atoms with E-state index in [0.29, 0.717) is 25.9 Å². The van der Waals surface area contributed by atoms with Crippen LogP contribution in [-0.2, 0) is 27.2 Å². The normalized spacial score (nSPS) is 12.5. The van der Waals surface area contributed by atoms with Crippen LogP contribution in [0.4, 0.5) is 13.2 Å². The van der Waals surface area contributed by atoms with Crippen LogP contribution in [0.15, 0.2) is 60.7 Å². The van der Waals surface area contributed by atoms with Gasteiger partial charge in [0.05, 0.1) is 12.1 Å². The molecule has 0 aromatic heterocycles. The molecule has 0 radical (unpaired) electrons. The van der Waals surface area contributed by atoms with Gasteiger partial charge in [0.15, 0.2) is 0 Å². The summed E-state index contributed by atoms with van der Waals surface area (Å²) < 4.78 is 31.7. The fourth-order valence-electron chi connectivity index (χ4n) is 2.73. The predicted octanol–water partition coefficient (Wildman–Crippen LogP) is 2.37. The van der Waals surface area contributed by atoms with Crippen LogP contribution in [0.2, 0.25) is 0 Å². The van der Waals surface area contributed by atoms with Gasteiger partial charge in [-0.25, -0.2) is 4.79 Å². The second kappa shape index (κ2) is 17.7. The molecule has 2 aromatic carbocycles. The largest absolute Gasteiger partial charge is 0.490 e. The molecule has 0 aliphatic rings. The molecule has 0 aliphatic carbocycles. The van der Waals surface area contributed by atoms with Crippen molar-refractivity contribution in [3.05, 3.63) is 71.8 Å². The van der Waals surface area contributed by atoms with E-state index in [2.05, 4.69) is 10.6 Å². The van der Waals surface area contributed by atoms with Gasteiger partial charge in [0, 0.05) is 24.6 Å². The number of hydrogen-bond donors (Lipinski definition) is 5. The molecule has 8 nitrogen and oxygen atoms in total. The Labute approximate surface area is 221 Å². The number of carboxylic acids is 1.